The second-order valence-corrected chi connectivity index (χ2v) is 4.73. The molecule has 4 nitrogen and oxygen atoms in total. The van der Waals surface area contributed by atoms with Crippen molar-refractivity contribution in [2.75, 3.05) is 7.05 Å². The van der Waals surface area contributed by atoms with Crippen molar-refractivity contribution in [1.82, 2.24) is 15.6 Å². The minimum atomic E-state index is 0. The van der Waals surface area contributed by atoms with Gasteiger partial charge in [-0.1, -0.05) is 18.2 Å². The molecule has 0 unspecified atom stereocenters. The van der Waals surface area contributed by atoms with Crippen molar-refractivity contribution in [3.8, 4) is 0 Å². The lowest BCUT2D eigenvalue weighted by Crippen LogP contribution is -2.38. The van der Waals surface area contributed by atoms with E-state index in [4.69, 9.17) is 0 Å². The molecule has 0 amide bonds. The molecule has 1 saturated carbocycles. The SMILES string of the molecule is CN=C(NCc1cc2ccccc2[nH]1)NC1CC1.I. The standard InChI is InChI=1S/C14H18N4.HI/c1-15-14(18-11-6-7-11)16-9-12-8-10-4-2-3-5-13(10)17-12;/h2-5,8,11,17H,6-7,9H2,1H3,(H2,15,16,18);1H. The first-order chi connectivity index (χ1) is 8.85. The van der Waals surface area contributed by atoms with E-state index >= 15 is 0 Å². The number of fused-ring (bicyclic) bond motifs is 1. The number of benzene rings is 1. The van der Waals surface area contributed by atoms with E-state index < -0.39 is 0 Å². The maximum Gasteiger partial charge on any atom is 0.191 e. The lowest BCUT2D eigenvalue weighted by molar-refractivity contribution is 0.796. The highest BCUT2D eigenvalue weighted by atomic mass is 127. The number of aromatic amines is 1. The van der Waals surface area contributed by atoms with E-state index in [1.54, 1.807) is 0 Å². The Morgan fingerprint density at radius 3 is 2.84 bits per heavy atom. The van der Waals surface area contributed by atoms with Gasteiger partial charge in [-0.15, -0.1) is 24.0 Å². The minimum Gasteiger partial charge on any atom is -0.357 e. The number of nitrogens with one attached hydrogen (secondary N) is 3. The molecule has 1 aliphatic rings. The number of aromatic nitrogens is 1. The van der Waals surface area contributed by atoms with Crippen LogP contribution in [0.5, 0.6) is 0 Å². The van der Waals surface area contributed by atoms with Gasteiger partial charge >= 0.3 is 0 Å². The number of hydrogen-bond acceptors (Lipinski definition) is 1. The number of nitrogens with zero attached hydrogens (tertiary/aromatic N) is 1. The molecule has 0 spiro atoms. The Balaban J connectivity index is 0.00000133. The third kappa shape index (κ3) is 3.62. The van der Waals surface area contributed by atoms with Crippen LogP contribution in [0.25, 0.3) is 10.9 Å². The Hall–Kier alpha value is -1.24. The van der Waals surface area contributed by atoms with Crippen LogP contribution in [-0.2, 0) is 6.54 Å². The molecular weight excluding hydrogens is 351 g/mol. The third-order valence-corrected chi connectivity index (χ3v) is 3.17. The molecule has 1 aromatic carbocycles. The van der Waals surface area contributed by atoms with E-state index in [2.05, 4.69) is 44.9 Å². The molecular formula is C14H19IN4. The zero-order valence-electron chi connectivity index (χ0n) is 10.9. The van der Waals surface area contributed by atoms with Crippen LogP contribution in [0.4, 0.5) is 0 Å². The fourth-order valence-electron chi connectivity index (χ4n) is 2.02. The summed E-state index contributed by atoms with van der Waals surface area (Å²) < 4.78 is 0. The average Bonchev–Trinajstić information content (AvgIpc) is 3.11. The van der Waals surface area contributed by atoms with Gasteiger partial charge in [0.2, 0.25) is 0 Å². The van der Waals surface area contributed by atoms with Crippen LogP contribution in [0.3, 0.4) is 0 Å². The summed E-state index contributed by atoms with van der Waals surface area (Å²) in [7, 11) is 1.81. The number of rotatable bonds is 3. The number of para-hydroxylation sites is 1. The van der Waals surface area contributed by atoms with Gasteiger partial charge in [-0.3, -0.25) is 4.99 Å². The number of guanidine groups is 1. The summed E-state index contributed by atoms with van der Waals surface area (Å²) in [6.45, 7) is 0.765. The van der Waals surface area contributed by atoms with Crippen molar-refractivity contribution >= 4 is 40.8 Å². The molecule has 1 heterocycles. The quantitative estimate of drug-likeness (QED) is 0.442. The molecule has 0 saturated heterocycles. The number of hydrogen-bond donors (Lipinski definition) is 3. The van der Waals surface area contributed by atoms with E-state index in [1.807, 2.05) is 13.1 Å². The normalized spacial score (nSPS) is 15.1. The van der Waals surface area contributed by atoms with E-state index in [-0.39, 0.29) is 24.0 Å². The zero-order chi connectivity index (χ0) is 12.4. The molecule has 0 radical (unpaired) electrons. The summed E-state index contributed by atoms with van der Waals surface area (Å²) in [5.41, 5.74) is 2.36. The Morgan fingerprint density at radius 2 is 2.16 bits per heavy atom. The number of halogens is 1. The first kappa shape index (κ1) is 14.2. The summed E-state index contributed by atoms with van der Waals surface area (Å²) in [5.74, 6) is 0.885. The fraction of sp³-hybridized carbons (Fsp3) is 0.357. The molecule has 102 valence electrons. The molecule has 5 heteroatoms. The van der Waals surface area contributed by atoms with E-state index in [1.165, 1.54) is 29.4 Å². The Bertz CT molecular complexity index is 539. The Kier molecular flexibility index (Phi) is 4.68. The predicted molar refractivity (Wildman–Crippen MR) is 90.1 cm³/mol. The monoisotopic (exact) mass is 370 g/mol. The molecule has 1 aliphatic carbocycles. The number of aliphatic imine (C=N–C) groups is 1. The van der Waals surface area contributed by atoms with Gasteiger partial charge in [0.25, 0.3) is 0 Å². The van der Waals surface area contributed by atoms with Crippen LogP contribution in [0.2, 0.25) is 0 Å². The summed E-state index contributed by atoms with van der Waals surface area (Å²) in [6, 6.07) is 11.1. The molecule has 19 heavy (non-hydrogen) atoms. The van der Waals surface area contributed by atoms with Crippen molar-refractivity contribution in [2.45, 2.75) is 25.4 Å². The van der Waals surface area contributed by atoms with Gasteiger partial charge in [-0.05, 0) is 30.4 Å². The first-order valence-electron chi connectivity index (χ1n) is 6.39. The smallest absolute Gasteiger partial charge is 0.191 e. The highest BCUT2D eigenvalue weighted by Gasteiger charge is 2.21. The van der Waals surface area contributed by atoms with Crippen LogP contribution in [0.1, 0.15) is 18.5 Å². The van der Waals surface area contributed by atoms with Crippen LogP contribution in [0.15, 0.2) is 35.3 Å². The van der Waals surface area contributed by atoms with Crippen molar-refractivity contribution in [1.29, 1.82) is 0 Å². The molecule has 0 atom stereocenters. The predicted octanol–water partition coefficient (Wildman–Crippen LogP) is 2.61. The summed E-state index contributed by atoms with van der Waals surface area (Å²) in [5, 5.41) is 7.94. The van der Waals surface area contributed by atoms with Gasteiger partial charge in [0, 0.05) is 24.3 Å². The Labute approximate surface area is 130 Å². The average molecular weight is 370 g/mol. The highest BCUT2D eigenvalue weighted by molar-refractivity contribution is 14.0. The molecule has 3 N–H and O–H groups in total. The van der Waals surface area contributed by atoms with Crippen LogP contribution in [-0.4, -0.2) is 24.0 Å². The molecule has 1 aromatic heterocycles. The lowest BCUT2D eigenvalue weighted by Gasteiger charge is -2.09. The van der Waals surface area contributed by atoms with Crippen molar-refractivity contribution in [3.63, 3.8) is 0 Å². The zero-order valence-corrected chi connectivity index (χ0v) is 13.3. The number of H-pyrrole nitrogens is 1. The largest absolute Gasteiger partial charge is 0.357 e. The maximum absolute atomic E-state index is 4.22. The van der Waals surface area contributed by atoms with Crippen molar-refractivity contribution in [2.24, 2.45) is 4.99 Å². The first-order valence-corrected chi connectivity index (χ1v) is 6.39. The molecule has 2 aromatic rings. The second kappa shape index (κ2) is 6.27. The van der Waals surface area contributed by atoms with Crippen LogP contribution >= 0.6 is 24.0 Å². The Morgan fingerprint density at radius 1 is 1.37 bits per heavy atom. The fourth-order valence-corrected chi connectivity index (χ4v) is 2.02. The van der Waals surface area contributed by atoms with E-state index in [0.717, 1.165) is 12.5 Å². The summed E-state index contributed by atoms with van der Waals surface area (Å²) in [4.78, 5) is 7.62. The van der Waals surface area contributed by atoms with Gasteiger partial charge in [-0.25, -0.2) is 0 Å². The van der Waals surface area contributed by atoms with E-state index in [9.17, 15) is 0 Å². The maximum atomic E-state index is 4.22. The van der Waals surface area contributed by atoms with Gasteiger partial charge < -0.3 is 15.6 Å². The second-order valence-electron chi connectivity index (χ2n) is 4.73. The minimum absolute atomic E-state index is 0. The van der Waals surface area contributed by atoms with Gasteiger partial charge in [0.1, 0.15) is 0 Å². The molecule has 0 bridgehead atoms. The van der Waals surface area contributed by atoms with Crippen molar-refractivity contribution in [3.05, 3.63) is 36.0 Å². The lowest BCUT2D eigenvalue weighted by atomic mass is 10.2. The van der Waals surface area contributed by atoms with Crippen LogP contribution < -0.4 is 10.6 Å². The molecule has 1 fully saturated rings. The molecule has 3 rings (SSSR count). The van der Waals surface area contributed by atoms with Crippen molar-refractivity contribution < 1.29 is 0 Å². The summed E-state index contributed by atoms with van der Waals surface area (Å²) in [6.07, 6.45) is 2.51. The van der Waals surface area contributed by atoms with Gasteiger partial charge in [0.05, 0.1) is 6.54 Å². The van der Waals surface area contributed by atoms with Gasteiger partial charge in [-0.2, -0.15) is 0 Å². The topological polar surface area (TPSA) is 52.2 Å². The molecule has 0 aliphatic heterocycles. The van der Waals surface area contributed by atoms with Crippen LogP contribution in [0, 0.1) is 0 Å². The third-order valence-electron chi connectivity index (χ3n) is 3.17. The van der Waals surface area contributed by atoms with Gasteiger partial charge in [0.15, 0.2) is 5.96 Å². The van der Waals surface area contributed by atoms with E-state index in [0.29, 0.717) is 6.04 Å². The highest BCUT2D eigenvalue weighted by Crippen LogP contribution is 2.18. The summed E-state index contributed by atoms with van der Waals surface area (Å²) >= 11 is 0.